The van der Waals surface area contributed by atoms with Crippen LogP contribution in [0.5, 0.6) is 0 Å². The molecule has 0 bridgehead atoms. The van der Waals surface area contributed by atoms with Gasteiger partial charge in [0.15, 0.2) is 6.04 Å². The highest BCUT2D eigenvalue weighted by Crippen LogP contribution is 2.17. The first kappa shape index (κ1) is 103. The van der Waals surface area contributed by atoms with Gasteiger partial charge in [0.25, 0.3) is 5.91 Å². The molecule has 0 saturated heterocycles. The standard InChI is InChI=1S/C73H118N16O27/c1-11-37(8)59(88-66(108)45(23-27-56(101)102)79-63(105)43(21-25-54(97)98)81-72(114)60(39(10)91)89-62(104)41(75)19-15-16-28-74)71(113)85-49(33-90)68(110)80-44(22-26-55(99)100)65(107)87-58(36(6)7)70(112)83-47(31-51(76)93)67(109)82-46(29-34(2)3)50(92)32-52(94)86-57(35(4)5)69(111)77-38(9)61(103)78-42(20-24-53(95)96)64(106)84-48(73(115)116)30-40-17-13-12-14-18-40/h12-14,17-18,34-39,41-50,57-60,90-92H,11,15-16,19-33,74-75H2,1-10H3,(H2,76,93)(H,77,111)(H,78,103)(H,79,105)(H,80,110)(H,81,114)(H,82,109)(H,83,112)(H,84,106)(H,85,113)(H,86,94)(H,87,107)(H,88,108)(H,89,104)(H,95,96)(H,97,98)(H,99,100)(H,101,102)(H,115,116)/p+2/t37-,38-,39+,41-,42-,43-,44-,45-,46-,47-,48-,49-,50-,57-,58-,59-,60-/m0/s1. The SMILES string of the molecule is CC[C@H](C)[C@H](NC(=O)[C@H](CCC(=O)O)NC(=O)[C@H](CCC(=O)O)NC(=O)[C@@H](NC(=O)[C@@H]([NH3+])CCCC[NH3+])[C@@H](C)O)C(=O)N[C@@H](CO)C(=O)N[C@@H](CCC(=O)O)C(=O)N[C@H](C(=O)N[C@@H](CC(N)=O)C(=O)N[C@@H](CC(C)C)[C@@H](O)CC(=O)N[C@H](C(=O)N[C@@H](C)C(=O)N[C@@H](CCC(=O)O)C(=O)N[C@@H](Cc1ccccc1)C(=O)O)C(C)C)C(C)C. The molecule has 0 saturated carbocycles. The van der Waals surface area contributed by atoms with E-state index in [9.17, 15) is 132 Å². The fourth-order valence-corrected chi connectivity index (χ4v) is 11.4. The summed E-state index contributed by atoms with van der Waals surface area (Å²) in [5.41, 5.74) is 13.6. The molecule has 17 atom stereocenters. The Morgan fingerprint density at radius 2 is 0.793 bits per heavy atom. The molecule has 0 spiro atoms. The molecule has 652 valence electrons. The van der Waals surface area contributed by atoms with Crippen LogP contribution in [0.25, 0.3) is 0 Å². The zero-order valence-electron chi connectivity index (χ0n) is 67.0. The van der Waals surface area contributed by atoms with E-state index in [2.05, 4.69) is 80.6 Å². The van der Waals surface area contributed by atoms with Gasteiger partial charge in [0.2, 0.25) is 76.8 Å². The van der Waals surface area contributed by atoms with E-state index in [4.69, 9.17) is 5.73 Å². The van der Waals surface area contributed by atoms with E-state index in [0.717, 1.165) is 6.92 Å². The predicted octanol–water partition coefficient (Wildman–Crippen LogP) is -7.48. The van der Waals surface area contributed by atoms with Gasteiger partial charge in [-0.05, 0) is 88.0 Å². The van der Waals surface area contributed by atoms with E-state index >= 15 is 0 Å². The number of quaternary nitrogens is 2. The maximum atomic E-state index is 14.2. The molecule has 0 unspecified atom stereocenters. The van der Waals surface area contributed by atoms with E-state index in [1.54, 1.807) is 51.1 Å². The lowest BCUT2D eigenvalue weighted by molar-refractivity contribution is -0.406. The normalized spacial score (nSPS) is 15.6. The highest BCUT2D eigenvalue weighted by atomic mass is 16.4. The molecule has 43 heteroatoms. The Bertz CT molecular complexity index is 3530. The van der Waals surface area contributed by atoms with Gasteiger partial charge in [0.05, 0.1) is 44.2 Å². The lowest BCUT2D eigenvalue weighted by Crippen LogP contribution is -2.70. The van der Waals surface area contributed by atoms with E-state index in [0.29, 0.717) is 24.9 Å². The van der Waals surface area contributed by atoms with Crippen LogP contribution < -0.4 is 86.3 Å². The molecule has 0 aromatic heterocycles. The molecule has 0 fully saturated rings. The minimum atomic E-state index is -2.02. The average Bonchev–Trinajstić information content (AvgIpc) is 0.853. The number of benzene rings is 1. The van der Waals surface area contributed by atoms with Crippen molar-refractivity contribution in [2.45, 2.75) is 269 Å². The molecule has 116 heavy (non-hydrogen) atoms. The monoisotopic (exact) mass is 1650 g/mol. The maximum absolute atomic E-state index is 14.2. The average molecular weight is 1650 g/mol. The Hall–Kier alpha value is -11.1. The molecular formula is C73H120N16O27+2. The number of primary amides is 1. The number of amides is 14. The summed E-state index contributed by atoms with van der Waals surface area (Å²) in [6, 6.07) is -14.6. The van der Waals surface area contributed by atoms with E-state index < -0.39 is 298 Å². The molecule has 1 aromatic rings. The Kier molecular flexibility index (Phi) is 46.5. The minimum Gasteiger partial charge on any atom is -0.481 e. The lowest BCUT2D eigenvalue weighted by atomic mass is 9.95. The zero-order valence-corrected chi connectivity index (χ0v) is 67.0. The number of aliphatic hydroxyl groups excluding tert-OH is 3. The van der Waals surface area contributed by atoms with E-state index in [1.165, 1.54) is 41.5 Å². The number of carboxylic acid groups (broad SMARTS) is 5. The number of aliphatic carboxylic acids is 5. The fourth-order valence-electron chi connectivity index (χ4n) is 11.4. The Morgan fingerprint density at radius 1 is 0.414 bits per heavy atom. The Labute approximate surface area is 669 Å². The van der Waals surface area contributed by atoms with Crippen molar-refractivity contribution in [1.29, 1.82) is 0 Å². The highest BCUT2D eigenvalue weighted by Gasteiger charge is 2.40. The molecular weight excluding hydrogens is 1530 g/mol. The number of nitrogens with two attached hydrogens (primary N) is 1. The van der Waals surface area contributed by atoms with Gasteiger partial charge in [-0.1, -0.05) is 92.1 Å². The van der Waals surface area contributed by atoms with Crippen molar-refractivity contribution >= 4 is 113 Å². The van der Waals surface area contributed by atoms with Crippen LogP contribution in [0.4, 0.5) is 0 Å². The third-order valence-corrected chi connectivity index (χ3v) is 18.3. The summed E-state index contributed by atoms with van der Waals surface area (Å²) in [6.45, 7) is 13.9. The van der Waals surface area contributed by atoms with Crippen LogP contribution in [0, 0.1) is 23.7 Å². The summed E-state index contributed by atoms with van der Waals surface area (Å²) in [5, 5.41) is 111. The van der Waals surface area contributed by atoms with Gasteiger partial charge in [-0.2, -0.15) is 0 Å². The zero-order chi connectivity index (χ0) is 88.5. The number of hydrogen-bond acceptors (Lipinski definition) is 22. The van der Waals surface area contributed by atoms with Crippen LogP contribution in [-0.2, 0) is 97.5 Å². The molecule has 0 radical (unpaired) electrons. The van der Waals surface area contributed by atoms with Crippen LogP contribution in [-0.4, -0.2) is 263 Å². The molecule has 1 aromatic carbocycles. The minimum absolute atomic E-state index is 0.0733. The van der Waals surface area contributed by atoms with Gasteiger partial charge in [-0.15, -0.1) is 0 Å². The molecule has 0 heterocycles. The first-order valence-corrected chi connectivity index (χ1v) is 38.1. The molecule has 0 aliphatic carbocycles. The van der Waals surface area contributed by atoms with Crippen molar-refractivity contribution in [2.24, 2.45) is 29.4 Å². The van der Waals surface area contributed by atoms with Crippen LogP contribution >= 0.6 is 0 Å². The van der Waals surface area contributed by atoms with E-state index in [-0.39, 0.29) is 31.6 Å². The van der Waals surface area contributed by atoms with Crippen molar-refractivity contribution in [2.75, 3.05) is 13.2 Å². The molecule has 1 rings (SSSR count). The van der Waals surface area contributed by atoms with Gasteiger partial charge in [0, 0.05) is 38.5 Å². The maximum Gasteiger partial charge on any atom is 0.326 e. The first-order chi connectivity index (χ1) is 54.2. The molecule has 0 aliphatic rings. The number of rotatable bonds is 57. The summed E-state index contributed by atoms with van der Waals surface area (Å²) < 4.78 is 0. The summed E-state index contributed by atoms with van der Waals surface area (Å²) in [5.74, 6) is -25.7. The molecule has 43 nitrogen and oxygen atoms in total. The number of carboxylic acids is 5. The second-order valence-corrected chi connectivity index (χ2v) is 29.4. The topological polar surface area (TPSA) is 724 Å². The van der Waals surface area contributed by atoms with Gasteiger partial charge in [-0.3, -0.25) is 86.3 Å². The second kappa shape index (κ2) is 52.4. The number of aliphatic hydroxyl groups is 3. The molecule has 14 amide bonds. The molecule has 29 N–H and O–H groups in total. The van der Waals surface area contributed by atoms with E-state index in [1.807, 2.05) is 0 Å². The Balaban J connectivity index is 3.47. The Morgan fingerprint density at radius 3 is 1.22 bits per heavy atom. The van der Waals surface area contributed by atoms with Gasteiger partial charge in [-0.25, -0.2) is 4.79 Å². The summed E-state index contributed by atoms with van der Waals surface area (Å²) >= 11 is 0. The van der Waals surface area contributed by atoms with Crippen molar-refractivity contribution in [1.82, 2.24) is 69.1 Å². The number of nitrogens with one attached hydrogen (secondary N) is 13. The summed E-state index contributed by atoms with van der Waals surface area (Å²) in [6.07, 6.45) is -9.35. The quantitative estimate of drug-likeness (QED) is 0.0269. The predicted molar refractivity (Wildman–Crippen MR) is 406 cm³/mol. The number of carbonyl (C=O) groups excluding carboxylic acids is 14. The first-order valence-electron chi connectivity index (χ1n) is 38.1. The van der Waals surface area contributed by atoms with Crippen molar-refractivity contribution in [3.63, 3.8) is 0 Å². The summed E-state index contributed by atoms with van der Waals surface area (Å²) in [4.78, 5) is 252. The van der Waals surface area contributed by atoms with Gasteiger partial charge < -0.3 is 127 Å². The highest BCUT2D eigenvalue weighted by molar-refractivity contribution is 6.00. The van der Waals surface area contributed by atoms with Crippen molar-refractivity contribution < 1.29 is 143 Å². The largest absolute Gasteiger partial charge is 0.481 e. The fraction of sp³-hybridized carbons (Fsp3) is 0.658. The second-order valence-electron chi connectivity index (χ2n) is 29.4. The van der Waals surface area contributed by atoms with Gasteiger partial charge >= 0.3 is 29.8 Å². The lowest BCUT2D eigenvalue weighted by Gasteiger charge is -2.30. The number of hydrogen-bond donors (Lipinski definition) is 24. The van der Waals surface area contributed by atoms with Crippen LogP contribution in [0.15, 0.2) is 30.3 Å². The number of unbranched alkanes of at least 4 members (excludes halogenated alkanes) is 1. The van der Waals surface area contributed by atoms with Crippen molar-refractivity contribution in [3.8, 4) is 0 Å². The molecule has 0 aliphatic heterocycles. The third kappa shape index (κ3) is 38.9. The van der Waals surface area contributed by atoms with Crippen LogP contribution in [0.3, 0.4) is 0 Å². The number of carbonyl (C=O) groups is 19. The van der Waals surface area contributed by atoms with Gasteiger partial charge in [0.1, 0.15) is 72.5 Å². The van der Waals surface area contributed by atoms with Crippen LogP contribution in [0.2, 0.25) is 0 Å². The summed E-state index contributed by atoms with van der Waals surface area (Å²) in [7, 11) is 0. The third-order valence-electron chi connectivity index (χ3n) is 18.3. The smallest absolute Gasteiger partial charge is 0.326 e. The van der Waals surface area contributed by atoms with Crippen molar-refractivity contribution in [3.05, 3.63) is 35.9 Å². The van der Waals surface area contributed by atoms with Crippen LogP contribution in [0.1, 0.15) is 171 Å².